The Kier molecular flexibility index (Phi) is 4.85. The largest absolute Gasteiger partial charge is 0.444 e. The minimum atomic E-state index is -0.471. The number of nitrogens with one attached hydrogen (secondary N) is 2. The van der Waals surface area contributed by atoms with Crippen LogP contribution in [-0.4, -0.2) is 39.4 Å². The Bertz CT molecular complexity index is 645. The first-order chi connectivity index (χ1) is 10.3. The fourth-order valence-electron chi connectivity index (χ4n) is 1.85. The van der Waals surface area contributed by atoms with E-state index in [2.05, 4.69) is 20.7 Å². The van der Waals surface area contributed by atoms with Crippen molar-refractivity contribution in [2.24, 2.45) is 0 Å². The summed E-state index contributed by atoms with van der Waals surface area (Å²) >= 11 is 0. The molecule has 0 unspecified atom stereocenters. The highest BCUT2D eigenvalue weighted by Gasteiger charge is 2.15. The summed E-state index contributed by atoms with van der Waals surface area (Å²) in [6, 6.07) is 3.96. The number of anilines is 1. The Morgan fingerprint density at radius 2 is 2.14 bits per heavy atom. The Hall–Kier alpha value is -2.31. The van der Waals surface area contributed by atoms with Crippen LogP contribution < -0.4 is 10.6 Å². The third kappa shape index (κ3) is 4.91. The van der Waals surface area contributed by atoms with E-state index in [1.807, 2.05) is 46.0 Å². The highest BCUT2D eigenvalue weighted by atomic mass is 16.6. The summed E-state index contributed by atoms with van der Waals surface area (Å²) in [7, 11) is 0. The van der Waals surface area contributed by atoms with Gasteiger partial charge in [0.25, 0.3) is 0 Å². The number of amides is 1. The molecule has 22 heavy (non-hydrogen) atoms. The van der Waals surface area contributed by atoms with Crippen LogP contribution >= 0.6 is 0 Å². The molecule has 0 fully saturated rings. The van der Waals surface area contributed by atoms with E-state index >= 15 is 0 Å². The number of rotatable bonds is 5. The zero-order valence-electron chi connectivity index (χ0n) is 13.5. The van der Waals surface area contributed by atoms with Gasteiger partial charge in [-0.05, 0) is 51.8 Å². The second-order valence-electron chi connectivity index (χ2n) is 6.15. The maximum absolute atomic E-state index is 11.5. The van der Waals surface area contributed by atoms with E-state index in [1.165, 1.54) is 0 Å². The van der Waals surface area contributed by atoms with Crippen LogP contribution in [0.4, 0.5) is 10.7 Å². The van der Waals surface area contributed by atoms with Crippen molar-refractivity contribution in [3.05, 3.63) is 23.9 Å². The zero-order chi connectivity index (χ0) is 16.2. The van der Waals surface area contributed by atoms with Gasteiger partial charge in [-0.1, -0.05) is 0 Å². The lowest BCUT2D eigenvalue weighted by molar-refractivity contribution is 0.0528. The van der Waals surface area contributed by atoms with Crippen molar-refractivity contribution in [1.29, 1.82) is 0 Å². The van der Waals surface area contributed by atoms with Crippen LogP contribution in [0.1, 0.15) is 32.8 Å². The third-order valence-electron chi connectivity index (χ3n) is 2.80. The normalized spacial score (nSPS) is 11.5. The van der Waals surface area contributed by atoms with Crippen molar-refractivity contribution in [2.45, 2.75) is 39.7 Å². The molecule has 0 saturated carbocycles. The van der Waals surface area contributed by atoms with Crippen LogP contribution in [0, 0.1) is 6.92 Å². The fraction of sp³-hybridized carbons (Fsp3) is 0.533. The van der Waals surface area contributed by atoms with Crippen LogP contribution in [0.25, 0.3) is 5.65 Å². The number of ether oxygens (including phenoxy) is 1. The Morgan fingerprint density at radius 3 is 2.86 bits per heavy atom. The maximum atomic E-state index is 11.5. The highest BCUT2D eigenvalue weighted by Crippen LogP contribution is 2.08. The maximum Gasteiger partial charge on any atom is 0.407 e. The average molecular weight is 305 g/mol. The summed E-state index contributed by atoms with van der Waals surface area (Å²) in [6.07, 6.45) is 2.25. The summed E-state index contributed by atoms with van der Waals surface area (Å²) in [5.74, 6) is 0.586. The number of alkyl carbamates (subject to hydrolysis) is 1. The van der Waals surface area contributed by atoms with Crippen molar-refractivity contribution in [3.8, 4) is 0 Å². The SMILES string of the molecule is Cc1ccn2nc(NCCCNC(=O)OC(C)(C)C)nc2c1. The molecule has 1 amide bonds. The minimum absolute atomic E-state index is 0.395. The van der Waals surface area contributed by atoms with Gasteiger partial charge in [0.05, 0.1) is 0 Å². The number of hydrogen-bond donors (Lipinski definition) is 2. The molecule has 0 aromatic carbocycles. The molecule has 120 valence electrons. The molecule has 0 aliphatic carbocycles. The van der Waals surface area contributed by atoms with Gasteiger partial charge in [-0.15, -0.1) is 5.10 Å². The third-order valence-corrected chi connectivity index (χ3v) is 2.80. The van der Waals surface area contributed by atoms with E-state index in [4.69, 9.17) is 4.74 Å². The molecule has 2 heterocycles. The van der Waals surface area contributed by atoms with Crippen molar-refractivity contribution in [3.63, 3.8) is 0 Å². The highest BCUT2D eigenvalue weighted by molar-refractivity contribution is 5.67. The van der Waals surface area contributed by atoms with Crippen molar-refractivity contribution in [2.75, 3.05) is 18.4 Å². The Labute approximate surface area is 130 Å². The molecule has 2 rings (SSSR count). The summed E-state index contributed by atoms with van der Waals surface area (Å²) in [5.41, 5.74) is 1.49. The number of aryl methyl sites for hydroxylation is 1. The molecule has 0 radical (unpaired) electrons. The number of carbonyl (C=O) groups is 1. The lowest BCUT2D eigenvalue weighted by Gasteiger charge is -2.19. The second kappa shape index (κ2) is 6.64. The average Bonchev–Trinajstić information content (AvgIpc) is 2.78. The van der Waals surface area contributed by atoms with E-state index in [9.17, 15) is 4.79 Å². The van der Waals surface area contributed by atoms with Crippen LogP contribution in [0.2, 0.25) is 0 Å². The van der Waals surface area contributed by atoms with E-state index < -0.39 is 11.7 Å². The molecule has 0 saturated heterocycles. The zero-order valence-corrected chi connectivity index (χ0v) is 13.5. The van der Waals surface area contributed by atoms with Crippen LogP contribution in [0.15, 0.2) is 18.3 Å². The fourth-order valence-corrected chi connectivity index (χ4v) is 1.85. The number of carbonyl (C=O) groups excluding carboxylic acids is 1. The van der Waals surface area contributed by atoms with Gasteiger partial charge >= 0.3 is 6.09 Å². The van der Waals surface area contributed by atoms with Gasteiger partial charge < -0.3 is 15.4 Å². The van der Waals surface area contributed by atoms with Gasteiger partial charge in [0.15, 0.2) is 5.65 Å². The van der Waals surface area contributed by atoms with E-state index in [-0.39, 0.29) is 0 Å². The molecule has 0 atom stereocenters. The topological polar surface area (TPSA) is 80.5 Å². The Balaban J connectivity index is 1.71. The van der Waals surface area contributed by atoms with E-state index in [0.717, 1.165) is 17.6 Å². The van der Waals surface area contributed by atoms with Crippen molar-refractivity contribution < 1.29 is 9.53 Å². The second-order valence-corrected chi connectivity index (χ2v) is 6.15. The van der Waals surface area contributed by atoms with Crippen molar-refractivity contribution >= 4 is 17.7 Å². The number of nitrogens with zero attached hydrogens (tertiary/aromatic N) is 3. The van der Waals surface area contributed by atoms with Gasteiger partial charge in [-0.25, -0.2) is 9.31 Å². The lowest BCUT2D eigenvalue weighted by atomic mass is 10.2. The Morgan fingerprint density at radius 1 is 1.36 bits per heavy atom. The van der Waals surface area contributed by atoms with Crippen LogP contribution in [0.5, 0.6) is 0 Å². The molecule has 0 bridgehead atoms. The number of pyridine rings is 1. The monoisotopic (exact) mass is 305 g/mol. The molecule has 7 heteroatoms. The minimum Gasteiger partial charge on any atom is -0.444 e. The summed E-state index contributed by atoms with van der Waals surface area (Å²) in [6.45, 7) is 8.74. The predicted octanol–water partition coefficient (Wildman–Crippen LogP) is 2.36. The van der Waals surface area contributed by atoms with Gasteiger partial charge in [0.1, 0.15) is 5.60 Å². The standard InChI is InChI=1S/C15H23N5O2/c1-11-6-9-20-12(10-11)18-13(19-20)16-7-5-8-17-14(21)22-15(2,3)4/h6,9-10H,5,7-8H2,1-4H3,(H,16,19)(H,17,21). The molecule has 2 aromatic heterocycles. The molecule has 7 nitrogen and oxygen atoms in total. The molecular weight excluding hydrogens is 282 g/mol. The van der Waals surface area contributed by atoms with E-state index in [1.54, 1.807) is 4.52 Å². The molecular formula is C15H23N5O2. The molecule has 0 spiro atoms. The van der Waals surface area contributed by atoms with Gasteiger partial charge in [-0.2, -0.15) is 4.98 Å². The van der Waals surface area contributed by atoms with Gasteiger partial charge in [-0.3, -0.25) is 0 Å². The van der Waals surface area contributed by atoms with Gasteiger partial charge in [0, 0.05) is 19.3 Å². The summed E-state index contributed by atoms with van der Waals surface area (Å²) in [5, 5.41) is 10.2. The predicted molar refractivity (Wildman–Crippen MR) is 85.1 cm³/mol. The van der Waals surface area contributed by atoms with Gasteiger partial charge in [0.2, 0.25) is 5.95 Å². The van der Waals surface area contributed by atoms with E-state index in [0.29, 0.717) is 19.0 Å². The quantitative estimate of drug-likeness (QED) is 0.829. The van der Waals surface area contributed by atoms with Crippen LogP contribution in [-0.2, 0) is 4.74 Å². The molecule has 2 N–H and O–H groups in total. The molecule has 2 aromatic rings. The smallest absolute Gasteiger partial charge is 0.407 e. The summed E-state index contributed by atoms with van der Waals surface area (Å²) < 4.78 is 6.89. The summed E-state index contributed by atoms with van der Waals surface area (Å²) in [4.78, 5) is 15.8. The lowest BCUT2D eigenvalue weighted by Crippen LogP contribution is -2.33. The first-order valence-electron chi connectivity index (χ1n) is 7.37. The van der Waals surface area contributed by atoms with Crippen molar-refractivity contribution in [1.82, 2.24) is 19.9 Å². The first-order valence-corrected chi connectivity index (χ1v) is 7.37. The molecule has 0 aliphatic heterocycles. The number of aromatic nitrogens is 3. The van der Waals surface area contributed by atoms with Crippen LogP contribution in [0.3, 0.4) is 0 Å². The first kappa shape index (κ1) is 16.1. The molecule has 0 aliphatic rings. The number of fused-ring (bicyclic) bond motifs is 1. The number of hydrogen-bond acceptors (Lipinski definition) is 5.